The number of rotatable bonds is 3. The molecule has 6 heteroatoms. The van der Waals surface area contributed by atoms with E-state index in [4.69, 9.17) is 5.11 Å². The molecule has 0 aliphatic rings. The summed E-state index contributed by atoms with van der Waals surface area (Å²) >= 11 is 6.26. The molecule has 0 aromatic carbocycles. The van der Waals surface area contributed by atoms with Crippen LogP contribution in [0.2, 0.25) is 0 Å². The third kappa shape index (κ3) is 2.49. The number of nitrogens with zero attached hydrogens (tertiary/aromatic N) is 1. The lowest BCUT2D eigenvalue weighted by molar-refractivity contribution is 0.144. The number of halogens is 4. The minimum Gasteiger partial charge on any atom is -0.390 e. The molecule has 0 saturated carbocycles. The third-order valence-corrected chi connectivity index (χ3v) is 2.93. The summed E-state index contributed by atoms with van der Waals surface area (Å²) in [5, 5.41) is 9.09. The van der Waals surface area contributed by atoms with Gasteiger partial charge in [-0.1, -0.05) is 31.9 Å². The summed E-state index contributed by atoms with van der Waals surface area (Å²) in [4.78, 5) is 3.66. The van der Waals surface area contributed by atoms with Crippen molar-refractivity contribution in [3.8, 4) is 0 Å². The molecule has 1 rings (SSSR count). The summed E-state index contributed by atoms with van der Waals surface area (Å²) in [6, 6.07) is 1.53. The van der Waals surface area contributed by atoms with E-state index >= 15 is 0 Å². The van der Waals surface area contributed by atoms with Crippen molar-refractivity contribution < 1.29 is 13.9 Å². The van der Waals surface area contributed by atoms with E-state index in [-0.39, 0.29) is 18.0 Å². The number of pyridine rings is 1. The second-order valence-electron chi connectivity index (χ2n) is 2.55. The van der Waals surface area contributed by atoms with Crippen molar-refractivity contribution in [2.45, 2.75) is 18.4 Å². The van der Waals surface area contributed by atoms with Gasteiger partial charge in [-0.15, -0.1) is 0 Å². The van der Waals surface area contributed by atoms with Crippen molar-refractivity contribution in [1.82, 2.24) is 4.98 Å². The Morgan fingerprint density at radius 1 is 1.50 bits per heavy atom. The quantitative estimate of drug-likeness (QED) is 0.863. The molecule has 2 nitrogen and oxygen atoms in total. The highest BCUT2D eigenvalue weighted by Crippen LogP contribution is 2.29. The molecule has 0 saturated heterocycles. The number of aromatic nitrogens is 1. The van der Waals surface area contributed by atoms with Crippen molar-refractivity contribution in [3.05, 3.63) is 27.5 Å². The van der Waals surface area contributed by atoms with Crippen LogP contribution in [0.5, 0.6) is 0 Å². The highest BCUT2D eigenvalue weighted by molar-refractivity contribution is 9.10. The van der Waals surface area contributed by atoms with Crippen LogP contribution in [0.4, 0.5) is 8.78 Å². The Bertz CT molecular complexity index is 333. The zero-order valence-electron chi connectivity index (χ0n) is 6.98. The maximum Gasteiger partial charge on any atom is 0.280 e. The van der Waals surface area contributed by atoms with E-state index in [2.05, 4.69) is 36.8 Å². The van der Waals surface area contributed by atoms with Crippen LogP contribution in [0.3, 0.4) is 0 Å². The zero-order valence-corrected chi connectivity index (χ0v) is 10.1. The Kier molecular flexibility index (Phi) is 4.40. The van der Waals surface area contributed by atoms with Gasteiger partial charge in [-0.25, -0.2) is 13.8 Å². The summed E-state index contributed by atoms with van der Waals surface area (Å²) in [7, 11) is 0. The Morgan fingerprint density at radius 3 is 2.57 bits per heavy atom. The lowest BCUT2D eigenvalue weighted by Crippen LogP contribution is -2.02. The largest absolute Gasteiger partial charge is 0.390 e. The third-order valence-electron chi connectivity index (χ3n) is 1.66. The van der Waals surface area contributed by atoms with Gasteiger partial charge >= 0.3 is 0 Å². The van der Waals surface area contributed by atoms with Crippen molar-refractivity contribution >= 4 is 31.9 Å². The average molecular weight is 331 g/mol. The fourth-order valence-corrected chi connectivity index (χ4v) is 2.58. The van der Waals surface area contributed by atoms with Crippen molar-refractivity contribution in [2.24, 2.45) is 0 Å². The smallest absolute Gasteiger partial charge is 0.280 e. The Hall–Kier alpha value is -0.0700. The van der Waals surface area contributed by atoms with E-state index < -0.39 is 6.43 Å². The predicted molar refractivity (Wildman–Crippen MR) is 55.4 cm³/mol. The van der Waals surface area contributed by atoms with Crippen LogP contribution in [0.25, 0.3) is 0 Å². The molecule has 0 spiro atoms. The summed E-state index contributed by atoms with van der Waals surface area (Å²) in [6.07, 6.45) is -2.63. The van der Waals surface area contributed by atoms with Crippen LogP contribution in [-0.2, 0) is 11.9 Å². The van der Waals surface area contributed by atoms with Gasteiger partial charge in [0, 0.05) is 15.4 Å². The molecule has 1 aromatic rings. The first-order valence-electron chi connectivity index (χ1n) is 3.73. The fourth-order valence-electron chi connectivity index (χ4n) is 1.00. The minimum absolute atomic E-state index is 0.233. The van der Waals surface area contributed by atoms with Crippen LogP contribution in [0.15, 0.2) is 10.5 Å². The van der Waals surface area contributed by atoms with Gasteiger partial charge in [0.05, 0.1) is 12.3 Å². The molecule has 0 aliphatic heterocycles. The molecule has 0 aliphatic carbocycles. The number of hydrogen-bond donors (Lipinski definition) is 1. The number of aliphatic hydroxyl groups excluding tert-OH is 1. The Balaban J connectivity index is 3.28. The molecular weight excluding hydrogens is 324 g/mol. The molecule has 1 N–H and O–H groups in total. The first-order valence-corrected chi connectivity index (χ1v) is 5.64. The van der Waals surface area contributed by atoms with Gasteiger partial charge in [-0.3, -0.25) is 0 Å². The van der Waals surface area contributed by atoms with E-state index in [0.29, 0.717) is 15.4 Å². The van der Waals surface area contributed by atoms with Crippen LogP contribution >= 0.6 is 31.9 Å². The number of alkyl halides is 3. The monoisotopic (exact) mass is 329 g/mol. The molecule has 0 bridgehead atoms. The maximum atomic E-state index is 12.5. The second-order valence-corrected chi connectivity index (χ2v) is 3.97. The summed E-state index contributed by atoms with van der Waals surface area (Å²) in [5.41, 5.74) is 0.356. The van der Waals surface area contributed by atoms with Crippen molar-refractivity contribution in [2.75, 3.05) is 0 Å². The Labute approximate surface area is 96.6 Å². The summed E-state index contributed by atoms with van der Waals surface area (Å²) < 4.78 is 25.6. The SMILES string of the molecule is OCc1cc(Br)c(CBr)c(C(F)F)n1. The van der Waals surface area contributed by atoms with Gasteiger partial charge in [0.2, 0.25) is 0 Å². The summed E-state index contributed by atoms with van der Waals surface area (Å²) in [5.74, 6) is 0. The molecular formula is C8H7Br2F2NO. The molecule has 14 heavy (non-hydrogen) atoms. The maximum absolute atomic E-state index is 12.5. The van der Waals surface area contributed by atoms with Gasteiger partial charge < -0.3 is 5.11 Å². The fraction of sp³-hybridized carbons (Fsp3) is 0.375. The molecule has 0 radical (unpaired) electrons. The van der Waals surface area contributed by atoms with Gasteiger partial charge in [0.1, 0.15) is 5.69 Å². The van der Waals surface area contributed by atoms with E-state index in [1.165, 1.54) is 6.07 Å². The number of hydrogen-bond acceptors (Lipinski definition) is 2. The van der Waals surface area contributed by atoms with E-state index in [1.54, 1.807) is 0 Å². The predicted octanol–water partition coefficient (Wildman–Crippen LogP) is 3.17. The van der Waals surface area contributed by atoms with Crippen LogP contribution in [0, 0.1) is 0 Å². The van der Waals surface area contributed by atoms with Gasteiger partial charge in [0.15, 0.2) is 0 Å². The number of aliphatic hydroxyl groups is 1. The normalized spacial score (nSPS) is 11.0. The lowest BCUT2D eigenvalue weighted by atomic mass is 10.2. The standard InChI is InChI=1S/C8H7Br2F2NO/c9-2-5-6(10)1-4(3-14)13-7(5)8(11)12/h1,8,14H,2-3H2. The molecule has 0 fully saturated rings. The highest BCUT2D eigenvalue weighted by Gasteiger charge is 2.17. The lowest BCUT2D eigenvalue weighted by Gasteiger charge is -2.09. The topological polar surface area (TPSA) is 33.1 Å². The van der Waals surface area contributed by atoms with Crippen LogP contribution < -0.4 is 0 Å². The van der Waals surface area contributed by atoms with Gasteiger partial charge in [-0.2, -0.15) is 0 Å². The van der Waals surface area contributed by atoms with Crippen LogP contribution in [-0.4, -0.2) is 10.1 Å². The van der Waals surface area contributed by atoms with Gasteiger partial charge in [-0.05, 0) is 6.07 Å². The van der Waals surface area contributed by atoms with E-state index in [0.717, 1.165) is 0 Å². The van der Waals surface area contributed by atoms with E-state index in [1.807, 2.05) is 0 Å². The Morgan fingerprint density at radius 2 is 2.14 bits per heavy atom. The van der Waals surface area contributed by atoms with Gasteiger partial charge in [0.25, 0.3) is 6.43 Å². The minimum atomic E-state index is -2.63. The first-order chi connectivity index (χ1) is 6.60. The zero-order chi connectivity index (χ0) is 10.7. The van der Waals surface area contributed by atoms with Crippen molar-refractivity contribution in [3.63, 3.8) is 0 Å². The molecule has 0 atom stereocenters. The molecule has 1 heterocycles. The van der Waals surface area contributed by atoms with Crippen molar-refractivity contribution in [1.29, 1.82) is 0 Å². The highest BCUT2D eigenvalue weighted by atomic mass is 79.9. The second kappa shape index (κ2) is 5.14. The molecule has 1 aromatic heterocycles. The van der Waals surface area contributed by atoms with Crippen LogP contribution in [0.1, 0.15) is 23.4 Å². The molecule has 0 amide bonds. The van der Waals surface area contributed by atoms with E-state index in [9.17, 15) is 8.78 Å². The average Bonchev–Trinajstić information content (AvgIpc) is 2.16. The summed E-state index contributed by atoms with van der Waals surface area (Å²) in [6.45, 7) is -0.346. The molecule has 0 unspecified atom stereocenters. The first kappa shape index (κ1) is 12.0. The molecule has 78 valence electrons.